The summed E-state index contributed by atoms with van der Waals surface area (Å²) in [6.45, 7) is 1.94. The molecule has 0 aliphatic rings. The van der Waals surface area contributed by atoms with Crippen molar-refractivity contribution in [2.24, 2.45) is 5.73 Å². The second-order valence-electron chi connectivity index (χ2n) is 3.61. The van der Waals surface area contributed by atoms with Crippen molar-refractivity contribution in [1.29, 1.82) is 0 Å². The van der Waals surface area contributed by atoms with Crippen molar-refractivity contribution in [3.63, 3.8) is 0 Å². The first-order valence-electron chi connectivity index (χ1n) is 5.05. The molecule has 0 amide bonds. The van der Waals surface area contributed by atoms with Crippen LogP contribution >= 0.6 is 0 Å². The summed E-state index contributed by atoms with van der Waals surface area (Å²) in [4.78, 5) is 11.1. The highest BCUT2D eigenvalue weighted by Crippen LogP contribution is 2.23. The van der Waals surface area contributed by atoms with Crippen LogP contribution in [0.25, 0.3) is 0 Å². The minimum absolute atomic E-state index is 0.184. The molecular formula is C12H17NO3. The lowest BCUT2D eigenvalue weighted by Gasteiger charge is -2.14. The summed E-state index contributed by atoms with van der Waals surface area (Å²) in [5.74, 6) is 0.481. The Hall–Kier alpha value is -1.55. The van der Waals surface area contributed by atoms with Crippen LogP contribution in [-0.2, 0) is 9.53 Å². The summed E-state index contributed by atoms with van der Waals surface area (Å²) in [5.41, 5.74) is 7.87. The second kappa shape index (κ2) is 5.51. The van der Waals surface area contributed by atoms with Crippen LogP contribution in [0.5, 0.6) is 5.75 Å². The monoisotopic (exact) mass is 223 g/mol. The molecule has 1 atom stereocenters. The third-order valence-corrected chi connectivity index (χ3v) is 2.49. The van der Waals surface area contributed by atoms with Crippen LogP contribution in [0.15, 0.2) is 18.2 Å². The van der Waals surface area contributed by atoms with Crippen molar-refractivity contribution >= 4 is 5.97 Å². The van der Waals surface area contributed by atoms with Gasteiger partial charge in [-0.25, -0.2) is 0 Å². The molecule has 0 aliphatic heterocycles. The number of carbonyl (C=O) groups excluding carboxylic acids is 1. The van der Waals surface area contributed by atoms with E-state index in [1.54, 1.807) is 7.11 Å². The molecule has 1 aromatic rings. The fraction of sp³-hybridized carbons (Fsp3) is 0.417. The number of carbonyl (C=O) groups is 1. The number of aryl methyl sites for hydroxylation is 1. The average molecular weight is 223 g/mol. The van der Waals surface area contributed by atoms with Crippen LogP contribution in [-0.4, -0.2) is 20.2 Å². The maximum Gasteiger partial charge on any atom is 0.307 e. The van der Waals surface area contributed by atoms with Gasteiger partial charge >= 0.3 is 5.97 Å². The van der Waals surface area contributed by atoms with Gasteiger partial charge in [-0.15, -0.1) is 0 Å². The largest absolute Gasteiger partial charge is 0.497 e. The van der Waals surface area contributed by atoms with E-state index in [4.69, 9.17) is 10.5 Å². The van der Waals surface area contributed by atoms with Gasteiger partial charge in [0.15, 0.2) is 0 Å². The molecule has 0 saturated heterocycles. The van der Waals surface area contributed by atoms with Crippen molar-refractivity contribution in [2.45, 2.75) is 19.4 Å². The molecule has 1 aromatic carbocycles. The molecular weight excluding hydrogens is 206 g/mol. The minimum atomic E-state index is -0.335. The van der Waals surface area contributed by atoms with E-state index in [-0.39, 0.29) is 18.4 Å². The lowest BCUT2D eigenvalue weighted by molar-refractivity contribution is -0.141. The lowest BCUT2D eigenvalue weighted by atomic mass is 9.99. The molecule has 16 heavy (non-hydrogen) atoms. The molecule has 4 nitrogen and oxygen atoms in total. The van der Waals surface area contributed by atoms with Crippen molar-refractivity contribution in [3.05, 3.63) is 29.3 Å². The van der Waals surface area contributed by atoms with Gasteiger partial charge in [0.1, 0.15) is 5.75 Å². The zero-order valence-electron chi connectivity index (χ0n) is 9.82. The van der Waals surface area contributed by atoms with Gasteiger partial charge in [-0.3, -0.25) is 4.79 Å². The Morgan fingerprint density at radius 1 is 1.44 bits per heavy atom. The molecule has 0 fully saturated rings. The number of ether oxygens (including phenoxy) is 2. The van der Waals surface area contributed by atoms with Gasteiger partial charge < -0.3 is 15.2 Å². The van der Waals surface area contributed by atoms with Crippen LogP contribution in [0.1, 0.15) is 23.6 Å². The topological polar surface area (TPSA) is 61.5 Å². The van der Waals surface area contributed by atoms with E-state index in [2.05, 4.69) is 4.74 Å². The predicted octanol–water partition coefficient (Wildman–Crippen LogP) is 1.57. The average Bonchev–Trinajstić information content (AvgIpc) is 2.28. The Bertz CT molecular complexity index is 377. The summed E-state index contributed by atoms with van der Waals surface area (Å²) in [6, 6.07) is 5.27. The third kappa shape index (κ3) is 2.97. The number of hydrogen-bond donors (Lipinski definition) is 1. The summed E-state index contributed by atoms with van der Waals surface area (Å²) < 4.78 is 9.68. The van der Waals surface area contributed by atoms with Gasteiger partial charge in [0.05, 0.1) is 20.6 Å². The van der Waals surface area contributed by atoms with E-state index in [0.29, 0.717) is 0 Å². The molecule has 88 valence electrons. The van der Waals surface area contributed by atoms with Gasteiger partial charge in [0.25, 0.3) is 0 Å². The first-order valence-corrected chi connectivity index (χ1v) is 5.05. The first-order chi connectivity index (χ1) is 7.58. The first kappa shape index (κ1) is 12.5. The van der Waals surface area contributed by atoms with Crippen molar-refractivity contribution in [1.82, 2.24) is 0 Å². The quantitative estimate of drug-likeness (QED) is 0.787. The lowest BCUT2D eigenvalue weighted by Crippen LogP contribution is -2.17. The van der Waals surface area contributed by atoms with Crippen LogP contribution in [0.3, 0.4) is 0 Å². The molecule has 0 aromatic heterocycles. The van der Waals surface area contributed by atoms with Gasteiger partial charge in [0.2, 0.25) is 0 Å². The molecule has 0 saturated carbocycles. The Balaban J connectivity index is 2.83. The number of rotatable bonds is 4. The van der Waals surface area contributed by atoms with Gasteiger partial charge in [-0.1, -0.05) is 6.07 Å². The highest BCUT2D eigenvalue weighted by Gasteiger charge is 2.14. The Labute approximate surface area is 95.3 Å². The fourth-order valence-electron chi connectivity index (χ4n) is 1.56. The number of hydrogen-bond acceptors (Lipinski definition) is 4. The standard InChI is InChI=1S/C12H17NO3/c1-8-6-9(15-2)4-5-10(8)11(13)7-12(14)16-3/h4-6,11H,7,13H2,1-3H3/t11-/m0/s1. The van der Waals surface area contributed by atoms with Crippen molar-refractivity contribution in [3.8, 4) is 5.75 Å². The fourth-order valence-corrected chi connectivity index (χ4v) is 1.56. The highest BCUT2D eigenvalue weighted by molar-refractivity contribution is 5.70. The highest BCUT2D eigenvalue weighted by atomic mass is 16.5. The Kier molecular flexibility index (Phi) is 4.31. The summed E-state index contributed by atoms with van der Waals surface area (Å²) in [6.07, 6.45) is 0.184. The molecule has 4 heteroatoms. The van der Waals surface area contributed by atoms with E-state index in [1.807, 2.05) is 25.1 Å². The molecule has 2 N–H and O–H groups in total. The zero-order valence-corrected chi connectivity index (χ0v) is 9.82. The van der Waals surface area contributed by atoms with E-state index in [1.165, 1.54) is 7.11 Å². The van der Waals surface area contributed by atoms with Gasteiger partial charge in [-0.05, 0) is 30.2 Å². The molecule has 1 rings (SSSR count). The summed E-state index contributed by atoms with van der Waals surface area (Å²) >= 11 is 0. The maximum absolute atomic E-state index is 11.1. The predicted molar refractivity (Wildman–Crippen MR) is 61.3 cm³/mol. The smallest absolute Gasteiger partial charge is 0.307 e. The van der Waals surface area contributed by atoms with E-state index < -0.39 is 0 Å². The zero-order chi connectivity index (χ0) is 12.1. The van der Waals surface area contributed by atoms with Crippen LogP contribution < -0.4 is 10.5 Å². The molecule has 0 unspecified atom stereocenters. The SMILES string of the molecule is COC(=O)C[C@H](N)c1ccc(OC)cc1C. The van der Waals surface area contributed by atoms with E-state index >= 15 is 0 Å². The summed E-state index contributed by atoms with van der Waals surface area (Å²) in [5, 5.41) is 0. The molecule has 0 spiro atoms. The third-order valence-electron chi connectivity index (χ3n) is 2.49. The minimum Gasteiger partial charge on any atom is -0.497 e. The second-order valence-corrected chi connectivity index (χ2v) is 3.61. The number of esters is 1. The Morgan fingerprint density at radius 3 is 2.62 bits per heavy atom. The normalized spacial score (nSPS) is 12.0. The van der Waals surface area contributed by atoms with Gasteiger partial charge in [0, 0.05) is 6.04 Å². The van der Waals surface area contributed by atoms with Gasteiger partial charge in [-0.2, -0.15) is 0 Å². The van der Waals surface area contributed by atoms with Crippen LogP contribution in [0.4, 0.5) is 0 Å². The van der Waals surface area contributed by atoms with E-state index in [0.717, 1.165) is 16.9 Å². The molecule has 0 aliphatic carbocycles. The van der Waals surface area contributed by atoms with Crippen molar-refractivity contribution < 1.29 is 14.3 Å². The number of methoxy groups -OCH3 is 2. The molecule has 0 bridgehead atoms. The summed E-state index contributed by atoms with van der Waals surface area (Å²) in [7, 11) is 2.97. The van der Waals surface area contributed by atoms with Crippen LogP contribution in [0.2, 0.25) is 0 Å². The van der Waals surface area contributed by atoms with Crippen molar-refractivity contribution in [2.75, 3.05) is 14.2 Å². The number of benzene rings is 1. The molecule has 0 radical (unpaired) electrons. The van der Waals surface area contributed by atoms with Crippen LogP contribution in [0, 0.1) is 6.92 Å². The van der Waals surface area contributed by atoms with E-state index in [9.17, 15) is 4.79 Å². The Morgan fingerprint density at radius 2 is 2.12 bits per heavy atom. The maximum atomic E-state index is 11.1. The molecule has 0 heterocycles. The number of nitrogens with two attached hydrogens (primary N) is 1.